The predicted molar refractivity (Wildman–Crippen MR) is 87.8 cm³/mol. The average Bonchev–Trinajstić information content (AvgIpc) is 3.24. The van der Waals surface area contributed by atoms with E-state index in [2.05, 4.69) is 15.6 Å². The van der Waals surface area contributed by atoms with Crippen LogP contribution in [0.15, 0.2) is 30.5 Å². The van der Waals surface area contributed by atoms with Gasteiger partial charge in [-0.15, -0.1) is 11.3 Å². The molecular weight excluding hydrogens is 296 g/mol. The predicted octanol–water partition coefficient (Wildman–Crippen LogP) is 2.02. The van der Waals surface area contributed by atoms with Gasteiger partial charge >= 0.3 is 0 Å². The molecule has 3 atom stereocenters. The van der Waals surface area contributed by atoms with Gasteiger partial charge in [-0.25, -0.2) is 4.98 Å². The van der Waals surface area contributed by atoms with E-state index in [1.165, 1.54) is 17.8 Å². The summed E-state index contributed by atoms with van der Waals surface area (Å²) in [4.78, 5) is 17.4. The number of nitrogen functional groups attached to an aromatic ring is 1. The number of hydrogen-bond acceptors (Lipinski definition) is 5. The molecule has 4 N–H and O–H groups in total. The van der Waals surface area contributed by atoms with Gasteiger partial charge in [0, 0.05) is 29.4 Å². The van der Waals surface area contributed by atoms with Gasteiger partial charge in [0.2, 0.25) is 0 Å². The van der Waals surface area contributed by atoms with Gasteiger partial charge in [-0.05, 0) is 31.4 Å². The Bertz CT molecular complexity index is 714. The molecule has 5 nitrogen and oxygen atoms in total. The molecule has 3 heterocycles. The third-order valence-electron chi connectivity index (χ3n) is 4.54. The molecule has 1 aromatic heterocycles. The van der Waals surface area contributed by atoms with Gasteiger partial charge in [-0.1, -0.05) is 12.1 Å². The third kappa shape index (κ3) is 2.38. The standard InChI is InChI=1S/C16H18N4OS/c17-11-4-2-1-3-10(11)16-18-8-14(22-16)15(21)20-13-7-9-5-6-12(13)19-9/h1-4,8-9,12-13,19H,5-7,17H2,(H,20,21)/t9-,12+,13-/m1/s1. The number of aromatic nitrogens is 1. The molecule has 0 saturated carbocycles. The van der Waals surface area contributed by atoms with Crippen LogP contribution < -0.4 is 16.4 Å². The molecular formula is C16H18N4OS. The fraction of sp³-hybridized carbons (Fsp3) is 0.375. The summed E-state index contributed by atoms with van der Waals surface area (Å²) < 4.78 is 0. The summed E-state index contributed by atoms with van der Waals surface area (Å²) in [5.74, 6) is -0.0300. The summed E-state index contributed by atoms with van der Waals surface area (Å²) in [6.45, 7) is 0. The normalized spacial score (nSPS) is 26.3. The smallest absolute Gasteiger partial charge is 0.263 e. The summed E-state index contributed by atoms with van der Waals surface area (Å²) in [6.07, 6.45) is 5.06. The van der Waals surface area contributed by atoms with Crippen LogP contribution in [0.2, 0.25) is 0 Å². The van der Waals surface area contributed by atoms with Crippen molar-refractivity contribution in [2.75, 3.05) is 5.73 Å². The van der Waals surface area contributed by atoms with Crippen LogP contribution in [0.3, 0.4) is 0 Å². The molecule has 4 rings (SSSR count). The number of fused-ring (bicyclic) bond motifs is 2. The highest BCUT2D eigenvalue weighted by molar-refractivity contribution is 7.17. The number of rotatable bonds is 3. The number of carbonyl (C=O) groups is 1. The Morgan fingerprint density at radius 2 is 2.23 bits per heavy atom. The van der Waals surface area contributed by atoms with Crippen LogP contribution in [-0.2, 0) is 0 Å². The van der Waals surface area contributed by atoms with E-state index in [-0.39, 0.29) is 11.9 Å². The van der Waals surface area contributed by atoms with Crippen molar-refractivity contribution in [3.8, 4) is 10.6 Å². The van der Waals surface area contributed by atoms with E-state index in [9.17, 15) is 4.79 Å². The molecule has 1 aromatic carbocycles. The van der Waals surface area contributed by atoms with E-state index in [1.54, 1.807) is 6.20 Å². The first-order valence-electron chi connectivity index (χ1n) is 7.58. The van der Waals surface area contributed by atoms with E-state index in [1.807, 2.05) is 24.3 Å². The Kier molecular flexibility index (Phi) is 3.35. The zero-order valence-corrected chi connectivity index (χ0v) is 12.9. The van der Waals surface area contributed by atoms with E-state index >= 15 is 0 Å². The molecule has 0 radical (unpaired) electrons. The van der Waals surface area contributed by atoms with Crippen molar-refractivity contribution in [1.82, 2.24) is 15.6 Å². The lowest BCUT2D eigenvalue weighted by Gasteiger charge is -2.20. The highest BCUT2D eigenvalue weighted by Gasteiger charge is 2.39. The zero-order chi connectivity index (χ0) is 15.1. The molecule has 0 aliphatic carbocycles. The molecule has 0 unspecified atom stereocenters. The maximum absolute atomic E-state index is 12.4. The molecule has 2 saturated heterocycles. The molecule has 2 aliphatic rings. The number of amides is 1. The van der Waals surface area contributed by atoms with Crippen LogP contribution >= 0.6 is 11.3 Å². The van der Waals surface area contributed by atoms with Crippen molar-refractivity contribution in [3.05, 3.63) is 35.3 Å². The van der Waals surface area contributed by atoms with Crippen molar-refractivity contribution < 1.29 is 4.79 Å². The number of nitrogens with zero attached hydrogens (tertiary/aromatic N) is 1. The minimum Gasteiger partial charge on any atom is -0.398 e. The number of benzene rings is 1. The zero-order valence-electron chi connectivity index (χ0n) is 12.1. The third-order valence-corrected chi connectivity index (χ3v) is 5.57. The van der Waals surface area contributed by atoms with Crippen molar-refractivity contribution in [2.45, 2.75) is 37.4 Å². The number of thiazole rings is 1. The lowest BCUT2D eigenvalue weighted by Crippen LogP contribution is -2.42. The maximum Gasteiger partial charge on any atom is 0.263 e. The largest absolute Gasteiger partial charge is 0.398 e. The van der Waals surface area contributed by atoms with Crippen molar-refractivity contribution in [1.29, 1.82) is 0 Å². The van der Waals surface area contributed by atoms with Gasteiger partial charge in [0.25, 0.3) is 5.91 Å². The Hall–Kier alpha value is -1.92. The maximum atomic E-state index is 12.4. The van der Waals surface area contributed by atoms with E-state index in [0.717, 1.165) is 23.4 Å². The molecule has 2 bridgehead atoms. The SMILES string of the molecule is Nc1ccccc1-c1ncc(C(=O)N[C@@H]2C[C@H]3CC[C@@H]2N3)s1. The number of nitrogens with two attached hydrogens (primary N) is 1. The number of hydrogen-bond donors (Lipinski definition) is 3. The molecule has 2 aliphatic heterocycles. The van der Waals surface area contributed by atoms with Crippen molar-refractivity contribution >= 4 is 22.9 Å². The lowest BCUT2D eigenvalue weighted by atomic mass is 9.95. The molecule has 2 aromatic rings. The van der Waals surface area contributed by atoms with Crippen molar-refractivity contribution in [2.24, 2.45) is 0 Å². The van der Waals surface area contributed by atoms with Gasteiger partial charge < -0.3 is 16.4 Å². The van der Waals surface area contributed by atoms with Crippen LogP contribution in [0.5, 0.6) is 0 Å². The van der Waals surface area contributed by atoms with Gasteiger partial charge in [-0.2, -0.15) is 0 Å². The second-order valence-corrected chi connectivity index (χ2v) is 7.01. The molecule has 0 spiro atoms. The fourth-order valence-corrected chi connectivity index (χ4v) is 4.29. The monoisotopic (exact) mass is 314 g/mol. The summed E-state index contributed by atoms with van der Waals surface area (Å²) in [6, 6.07) is 8.85. The first-order chi connectivity index (χ1) is 10.7. The second-order valence-electron chi connectivity index (χ2n) is 5.98. The highest BCUT2D eigenvalue weighted by Crippen LogP contribution is 2.31. The lowest BCUT2D eigenvalue weighted by molar-refractivity contribution is 0.0935. The Morgan fingerprint density at radius 1 is 1.36 bits per heavy atom. The summed E-state index contributed by atoms with van der Waals surface area (Å²) in [5, 5.41) is 7.46. The Labute approximate surface area is 132 Å². The molecule has 22 heavy (non-hydrogen) atoms. The summed E-state index contributed by atoms with van der Waals surface area (Å²) in [5.41, 5.74) is 7.53. The van der Waals surface area contributed by atoms with Crippen LogP contribution in [0, 0.1) is 0 Å². The molecule has 114 valence electrons. The van der Waals surface area contributed by atoms with Crippen molar-refractivity contribution in [3.63, 3.8) is 0 Å². The van der Waals surface area contributed by atoms with Gasteiger partial charge in [0.05, 0.1) is 6.20 Å². The van der Waals surface area contributed by atoms with Gasteiger partial charge in [0.1, 0.15) is 9.88 Å². The van der Waals surface area contributed by atoms with Gasteiger partial charge in [0.15, 0.2) is 0 Å². The van der Waals surface area contributed by atoms with E-state index in [4.69, 9.17) is 5.73 Å². The quantitative estimate of drug-likeness (QED) is 0.757. The summed E-state index contributed by atoms with van der Waals surface area (Å²) in [7, 11) is 0. The molecule has 1 amide bonds. The molecule has 6 heteroatoms. The second kappa shape index (κ2) is 5.37. The minimum atomic E-state index is -0.0300. The number of para-hydroxylation sites is 1. The first-order valence-corrected chi connectivity index (χ1v) is 8.40. The topological polar surface area (TPSA) is 80.0 Å². The number of anilines is 1. The highest BCUT2D eigenvalue weighted by atomic mass is 32.1. The minimum absolute atomic E-state index is 0.0300. The fourth-order valence-electron chi connectivity index (χ4n) is 3.42. The Balaban J connectivity index is 1.49. The van der Waals surface area contributed by atoms with E-state index < -0.39 is 0 Å². The average molecular weight is 314 g/mol. The van der Waals surface area contributed by atoms with Crippen LogP contribution in [-0.4, -0.2) is 29.0 Å². The molecule has 2 fully saturated rings. The number of carbonyl (C=O) groups excluding carboxylic acids is 1. The van der Waals surface area contributed by atoms with Gasteiger partial charge in [-0.3, -0.25) is 4.79 Å². The van der Waals surface area contributed by atoms with Crippen LogP contribution in [0.4, 0.5) is 5.69 Å². The summed E-state index contributed by atoms with van der Waals surface area (Å²) >= 11 is 1.39. The Morgan fingerprint density at radius 3 is 2.95 bits per heavy atom. The van der Waals surface area contributed by atoms with Crippen LogP contribution in [0.25, 0.3) is 10.6 Å². The first kappa shape index (κ1) is 13.7. The number of nitrogens with one attached hydrogen (secondary N) is 2. The van der Waals surface area contributed by atoms with Crippen LogP contribution in [0.1, 0.15) is 28.9 Å². The van der Waals surface area contributed by atoms with E-state index in [0.29, 0.717) is 22.6 Å².